The van der Waals surface area contributed by atoms with Crippen molar-refractivity contribution in [1.29, 1.82) is 0 Å². The average molecular weight is 221 g/mol. The van der Waals surface area contributed by atoms with Gasteiger partial charge in [0.15, 0.2) is 0 Å². The summed E-state index contributed by atoms with van der Waals surface area (Å²) in [5.74, 6) is 5.13. The largest absolute Gasteiger partial charge is 0.395 e. The Kier molecular flexibility index (Phi) is 4.97. The van der Waals surface area contributed by atoms with Crippen LogP contribution in [0.4, 0.5) is 4.39 Å². The molecule has 0 aliphatic heterocycles. The highest BCUT2D eigenvalue weighted by Gasteiger charge is 2.01. The molecule has 0 heterocycles. The minimum Gasteiger partial charge on any atom is -0.395 e. The summed E-state index contributed by atoms with van der Waals surface area (Å²) < 4.78 is 13.4. The van der Waals surface area contributed by atoms with E-state index in [-0.39, 0.29) is 12.4 Å². The van der Waals surface area contributed by atoms with Crippen molar-refractivity contribution in [2.75, 3.05) is 20.7 Å². The van der Waals surface area contributed by atoms with Gasteiger partial charge in [-0.2, -0.15) is 0 Å². The number of benzene rings is 1. The van der Waals surface area contributed by atoms with Gasteiger partial charge in [-0.15, -0.1) is 0 Å². The first-order valence-electron chi connectivity index (χ1n) is 5.16. The Bertz CT molecular complexity index is 404. The van der Waals surface area contributed by atoms with Gasteiger partial charge < -0.3 is 10.0 Å². The van der Waals surface area contributed by atoms with Crippen LogP contribution >= 0.6 is 0 Å². The van der Waals surface area contributed by atoms with E-state index < -0.39 is 0 Å². The van der Waals surface area contributed by atoms with Gasteiger partial charge >= 0.3 is 0 Å². The molecule has 1 aromatic rings. The van der Waals surface area contributed by atoms with E-state index in [1.54, 1.807) is 12.1 Å². The van der Waals surface area contributed by atoms with Crippen molar-refractivity contribution in [1.82, 2.24) is 4.90 Å². The Morgan fingerprint density at radius 3 is 2.75 bits per heavy atom. The van der Waals surface area contributed by atoms with Gasteiger partial charge in [0.25, 0.3) is 0 Å². The lowest BCUT2D eigenvalue weighted by Crippen LogP contribution is -2.10. The second-order valence-corrected chi connectivity index (χ2v) is 3.83. The number of halogens is 1. The summed E-state index contributed by atoms with van der Waals surface area (Å²) in [6, 6.07) is 4.94. The summed E-state index contributed by atoms with van der Waals surface area (Å²) in [6.07, 6.45) is 0.372. The van der Waals surface area contributed by atoms with Crippen LogP contribution in [0.1, 0.15) is 17.5 Å². The van der Waals surface area contributed by atoms with Crippen molar-refractivity contribution in [3.8, 4) is 11.8 Å². The highest BCUT2D eigenvalue weighted by Crippen LogP contribution is 2.10. The van der Waals surface area contributed by atoms with Gasteiger partial charge in [-0.05, 0) is 31.8 Å². The zero-order valence-electron chi connectivity index (χ0n) is 9.63. The third-order valence-electron chi connectivity index (χ3n) is 1.99. The van der Waals surface area contributed by atoms with Gasteiger partial charge in [-0.25, -0.2) is 4.39 Å². The molecule has 0 spiro atoms. The second-order valence-electron chi connectivity index (χ2n) is 3.83. The third-order valence-corrected chi connectivity index (χ3v) is 1.99. The Hall–Kier alpha value is -1.37. The standard InChI is InChI=1S/C13H16FNO/c1-15(2)10-11-6-7-13(14)12(9-11)5-3-4-8-16/h6-7,9,16H,4,8,10H2,1-2H3. The Morgan fingerprint density at radius 1 is 1.38 bits per heavy atom. The molecule has 0 aliphatic rings. The van der Waals surface area contributed by atoms with Crippen LogP contribution in [0.3, 0.4) is 0 Å². The van der Waals surface area contributed by atoms with Crippen LogP contribution in [0.5, 0.6) is 0 Å². The number of rotatable bonds is 3. The van der Waals surface area contributed by atoms with Gasteiger partial charge in [0.05, 0.1) is 12.2 Å². The lowest BCUT2D eigenvalue weighted by Gasteiger charge is -2.09. The fourth-order valence-electron chi connectivity index (χ4n) is 1.35. The minimum atomic E-state index is -0.312. The fourth-order valence-corrected chi connectivity index (χ4v) is 1.35. The van der Waals surface area contributed by atoms with E-state index in [4.69, 9.17) is 5.11 Å². The molecule has 2 nitrogen and oxygen atoms in total. The molecular weight excluding hydrogens is 205 g/mol. The molecule has 0 saturated heterocycles. The van der Waals surface area contributed by atoms with Crippen LogP contribution in [-0.4, -0.2) is 30.7 Å². The fraction of sp³-hybridized carbons (Fsp3) is 0.385. The Labute approximate surface area is 95.7 Å². The van der Waals surface area contributed by atoms with Gasteiger partial charge in [0.1, 0.15) is 5.82 Å². The molecule has 0 radical (unpaired) electrons. The normalized spacial score (nSPS) is 10.1. The van der Waals surface area contributed by atoms with Gasteiger partial charge in [-0.3, -0.25) is 0 Å². The first kappa shape index (κ1) is 12.7. The molecule has 0 saturated carbocycles. The van der Waals surface area contributed by atoms with Crippen molar-refractivity contribution in [3.63, 3.8) is 0 Å². The predicted molar refractivity (Wildman–Crippen MR) is 62.4 cm³/mol. The second kappa shape index (κ2) is 6.26. The molecule has 3 heteroatoms. The summed E-state index contributed by atoms with van der Waals surface area (Å²) >= 11 is 0. The molecule has 0 aliphatic carbocycles. The molecular formula is C13H16FNO. The third kappa shape index (κ3) is 4.01. The lowest BCUT2D eigenvalue weighted by atomic mass is 10.1. The number of aliphatic hydroxyl groups is 1. The molecule has 86 valence electrons. The van der Waals surface area contributed by atoms with Crippen molar-refractivity contribution in [2.24, 2.45) is 0 Å². The van der Waals surface area contributed by atoms with E-state index in [1.807, 2.05) is 19.0 Å². The van der Waals surface area contributed by atoms with Crippen LogP contribution in [0.2, 0.25) is 0 Å². The molecule has 1 rings (SSSR count). The van der Waals surface area contributed by atoms with Gasteiger partial charge in [-0.1, -0.05) is 17.9 Å². The number of aliphatic hydroxyl groups excluding tert-OH is 1. The molecule has 1 aromatic carbocycles. The molecule has 1 N–H and O–H groups in total. The summed E-state index contributed by atoms with van der Waals surface area (Å²) in [5.41, 5.74) is 1.42. The van der Waals surface area contributed by atoms with Crippen LogP contribution in [0, 0.1) is 17.7 Å². The van der Waals surface area contributed by atoms with Gasteiger partial charge in [0, 0.05) is 13.0 Å². The summed E-state index contributed by atoms with van der Waals surface area (Å²) in [7, 11) is 3.92. The van der Waals surface area contributed by atoms with E-state index in [1.165, 1.54) is 6.07 Å². The van der Waals surface area contributed by atoms with Crippen molar-refractivity contribution < 1.29 is 9.50 Å². The van der Waals surface area contributed by atoms with E-state index in [2.05, 4.69) is 11.8 Å². The van der Waals surface area contributed by atoms with Crippen LogP contribution in [0.25, 0.3) is 0 Å². The maximum atomic E-state index is 13.4. The highest BCUT2D eigenvalue weighted by atomic mass is 19.1. The quantitative estimate of drug-likeness (QED) is 0.784. The highest BCUT2D eigenvalue weighted by molar-refractivity contribution is 5.38. The predicted octanol–water partition coefficient (Wildman–Crippen LogP) is 1.62. The smallest absolute Gasteiger partial charge is 0.138 e. The minimum absolute atomic E-state index is 0.00596. The Morgan fingerprint density at radius 2 is 2.12 bits per heavy atom. The Balaban J connectivity index is 2.87. The number of nitrogens with zero attached hydrogens (tertiary/aromatic N) is 1. The molecule has 0 atom stereocenters. The molecule has 0 aromatic heterocycles. The van der Waals surface area contributed by atoms with E-state index in [0.717, 1.165) is 12.1 Å². The molecule has 16 heavy (non-hydrogen) atoms. The van der Waals surface area contributed by atoms with Crippen LogP contribution in [-0.2, 0) is 6.54 Å². The van der Waals surface area contributed by atoms with Crippen molar-refractivity contribution in [3.05, 3.63) is 35.1 Å². The van der Waals surface area contributed by atoms with E-state index >= 15 is 0 Å². The topological polar surface area (TPSA) is 23.5 Å². The van der Waals surface area contributed by atoms with Crippen LogP contribution < -0.4 is 0 Å². The number of hydrogen-bond acceptors (Lipinski definition) is 2. The van der Waals surface area contributed by atoms with Crippen molar-refractivity contribution in [2.45, 2.75) is 13.0 Å². The van der Waals surface area contributed by atoms with Crippen molar-refractivity contribution >= 4 is 0 Å². The summed E-state index contributed by atoms with van der Waals surface area (Å²) in [6.45, 7) is 0.765. The van der Waals surface area contributed by atoms with Gasteiger partial charge in [0.2, 0.25) is 0 Å². The first-order valence-corrected chi connectivity index (χ1v) is 5.16. The molecule has 0 fully saturated rings. The molecule has 0 bridgehead atoms. The van der Waals surface area contributed by atoms with Crippen LogP contribution in [0.15, 0.2) is 18.2 Å². The summed E-state index contributed by atoms with van der Waals surface area (Å²) in [4.78, 5) is 2.01. The molecule has 0 amide bonds. The molecule has 0 unspecified atom stereocenters. The maximum absolute atomic E-state index is 13.4. The van der Waals surface area contributed by atoms with E-state index in [9.17, 15) is 4.39 Å². The average Bonchev–Trinajstić information content (AvgIpc) is 2.22. The maximum Gasteiger partial charge on any atom is 0.138 e. The lowest BCUT2D eigenvalue weighted by molar-refractivity contribution is 0.305. The first-order chi connectivity index (χ1) is 7.63. The SMILES string of the molecule is CN(C)Cc1ccc(F)c(C#CCCO)c1. The van der Waals surface area contributed by atoms with E-state index in [0.29, 0.717) is 12.0 Å². The zero-order valence-corrected chi connectivity index (χ0v) is 9.63. The zero-order chi connectivity index (χ0) is 12.0. The number of hydrogen-bond donors (Lipinski definition) is 1. The monoisotopic (exact) mass is 221 g/mol. The summed E-state index contributed by atoms with van der Waals surface area (Å²) in [5, 5.41) is 8.58.